The van der Waals surface area contributed by atoms with E-state index in [1.165, 1.54) is 24.5 Å². The van der Waals surface area contributed by atoms with Crippen LogP contribution in [0.15, 0.2) is 65.4 Å². The zero-order valence-electron chi connectivity index (χ0n) is 12.3. The van der Waals surface area contributed by atoms with Crippen LogP contribution in [0.2, 0.25) is 0 Å². The maximum atomic E-state index is 13.1. The van der Waals surface area contributed by atoms with Gasteiger partial charge in [0.1, 0.15) is 17.3 Å². The molecule has 0 saturated carbocycles. The van der Waals surface area contributed by atoms with Crippen LogP contribution < -0.4 is 10.6 Å². The third kappa shape index (κ3) is 4.14. The number of amides is 1. The van der Waals surface area contributed by atoms with Crippen LogP contribution in [0.5, 0.6) is 0 Å². The number of rotatable bonds is 4. The Morgan fingerprint density at radius 1 is 1.00 bits per heavy atom. The summed E-state index contributed by atoms with van der Waals surface area (Å²) in [6, 6.07) is 13.2. The van der Waals surface area contributed by atoms with Gasteiger partial charge in [-0.1, -0.05) is 22.0 Å². The molecular formula is C17H12BrFN4O. The first kappa shape index (κ1) is 16.1. The fraction of sp³-hybridized carbons (Fsp3) is 0. The molecule has 3 rings (SSSR count). The lowest BCUT2D eigenvalue weighted by atomic mass is 10.3. The topological polar surface area (TPSA) is 66.9 Å². The first-order valence-corrected chi connectivity index (χ1v) is 7.81. The second kappa shape index (κ2) is 7.18. The van der Waals surface area contributed by atoms with Crippen LogP contribution in [0, 0.1) is 5.82 Å². The van der Waals surface area contributed by atoms with Crippen LogP contribution in [-0.4, -0.2) is 15.9 Å². The second-order valence-electron chi connectivity index (χ2n) is 4.88. The number of halogens is 2. The zero-order chi connectivity index (χ0) is 16.9. The molecule has 3 aromatic rings. The molecule has 7 heteroatoms. The maximum absolute atomic E-state index is 13.1. The van der Waals surface area contributed by atoms with E-state index in [2.05, 4.69) is 36.5 Å². The third-order valence-electron chi connectivity index (χ3n) is 3.08. The lowest BCUT2D eigenvalue weighted by Crippen LogP contribution is -2.14. The molecule has 1 amide bonds. The molecule has 0 bridgehead atoms. The Labute approximate surface area is 146 Å². The van der Waals surface area contributed by atoms with Crippen LogP contribution in [0.25, 0.3) is 0 Å². The molecule has 0 aliphatic rings. The van der Waals surface area contributed by atoms with Crippen molar-refractivity contribution in [3.05, 3.63) is 76.9 Å². The predicted molar refractivity (Wildman–Crippen MR) is 93.8 cm³/mol. The summed E-state index contributed by atoms with van der Waals surface area (Å²) < 4.78 is 14.1. The van der Waals surface area contributed by atoms with Crippen LogP contribution in [0.4, 0.5) is 21.6 Å². The Kier molecular flexibility index (Phi) is 4.81. The summed E-state index contributed by atoms with van der Waals surface area (Å²) in [7, 11) is 0. The molecule has 0 aliphatic heterocycles. The Hall–Kier alpha value is -2.80. The maximum Gasteiger partial charge on any atom is 0.275 e. The van der Waals surface area contributed by atoms with Crippen molar-refractivity contribution in [1.82, 2.24) is 9.97 Å². The number of nitrogens with one attached hydrogen (secondary N) is 2. The van der Waals surface area contributed by atoms with E-state index in [4.69, 9.17) is 0 Å². The normalized spacial score (nSPS) is 10.2. The minimum Gasteiger partial charge on any atom is -0.339 e. The van der Waals surface area contributed by atoms with E-state index >= 15 is 0 Å². The molecule has 24 heavy (non-hydrogen) atoms. The van der Waals surface area contributed by atoms with Gasteiger partial charge in [0.2, 0.25) is 0 Å². The Balaban J connectivity index is 1.67. The molecule has 0 radical (unpaired) electrons. The average Bonchev–Trinajstić information content (AvgIpc) is 2.57. The van der Waals surface area contributed by atoms with E-state index in [1.807, 2.05) is 12.1 Å². The summed E-state index contributed by atoms with van der Waals surface area (Å²) in [5, 5.41) is 5.65. The fourth-order valence-electron chi connectivity index (χ4n) is 1.95. The number of benzene rings is 2. The summed E-state index contributed by atoms with van der Waals surface area (Å²) in [5.74, 6) is -0.290. The van der Waals surface area contributed by atoms with Gasteiger partial charge in [0.15, 0.2) is 0 Å². The lowest BCUT2D eigenvalue weighted by molar-refractivity contribution is 0.102. The Morgan fingerprint density at radius 2 is 1.79 bits per heavy atom. The van der Waals surface area contributed by atoms with Crippen LogP contribution in [0.3, 0.4) is 0 Å². The Bertz CT molecular complexity index is 853. The van der Waals surface area contributed by atoms with E-state index in [0.717, 1.165) is 4.47 Å². The minimum atomic E-state index is -0.359. The number of nitrogens with zero attached hydrogens (tertiary/aromatic N) is 2. The molecule has 2 N–H and O–H groups in total. The van der Waals surface area contributed by atoms with Crippen molar-refractivity contribution in [3.8, 4) is 0 Å². The molecule has 0 fully saturated rings. The molecule has 1 heterocycles. The number of carbonyl (C=O) groups is 1. The first-order valence-electron chi connectivity index (χ1n) is 7.02. The summed E-state index contributed by atoms with van der Waals surface area (Å²) in [4.78, 5) is 20.3. The standard InChI is InChI=1S/C17H12BrFN4O/c18-11-4-6-13(7-5-11)23-17(24)15-9-21-16(10-20-15)22-14-3-1-2-12(19)8-14/h1-10H,(H,21,22)(H,23,24). The molecular weight excluding hydrogens is 375 g/mol. The van der Waals surface area contributed by atoms with E-state index in [9.17, 15) is 9.18 Å². The molecule has 0 aliphatic carbocycles. The molecule has 0 unspecified atom stereocenters. The predicted octanol–water partition coefficient (Wildman–Crippen LogP) is 4.37. The summed E-state index contributed by atoms with van der Waals surface area (Å²) in [6.45, 7) is 0. The van der Waals surface area contributed by atoms with Gasteiger partial charge in [-0.2, -0.15) is 0 Å². The highest BCUT2D eigenvalue weighted by atomic mass is 79.9. The monoisotopic (exact) mass is 386 g/mol. The van der Waals surface area contributed by atoms with Crippen LogP contribution >= 0.6 is 15.9 Å². The van der Waals surface area contributed by atoms with E-state index < -0.39 is 0 Å². The van der Waals surface area contributed by atoms with Gasteiger partial charge >= 0.3 is 0 Å². The highest BCUT2D eigenvalue weighted by molar-refractivity contribution is 9.10. The molecule has 0 atom stereocenters. The largest absolute Gasteiger partial charge is 0.339 e. The molecule has 5 nitrogen and oxygen atoms in total. The van der Waals surface area contributed by atoms with E-state index in [-0.39, 0.29) is 17.4 Å². The third-order valence-corrected chi connectivity index (χ3v) is 3.61. The van der Waals surface area contributed by atoms with Gasteiger partial charge in [0.25, 0.3) is 5.91 Å². The summed E-state index contributed by atoms with van der Waals surface area (Å²) in [6.07, 6.45) is 2.78. The van der Waals surface area contributed by atoms with Gasteiger partial charge in [-0.3, -0.25) is 4.79 Å². The van der Waals surface area contributed by atoms with Crippen molar-refractivity contribution in [2.24, 2.45) is 0 Å². The van der Waals surface area contributed by atoms with Crippen molar-refractivity contribution in [2.75, 3.05) is 10.6 Å². The minimum absolute atomic E-state index is 0.183. The van der Waals surface area contributed by atoms with Gasteiger partial charge in [0.05, 0.1) is 12.4 Å². The fourth-order valence-corrected chi connectivity index (χ4v) is 2.22. The van der Waals surface area contributed by atoms with Crippen LogP contribution in [0.1, 0.15) is 10.5 Å². The van der Waals surface area contributed by atoms with Gasteiger partial charge in [-0.25, -0.2) is 14.4 Å². The number of carbonyl (C=O) groups excluding carboxylic acids is 1. The number of aromatic nitrogens is 2. The van der Waals surface area contributed by atoms with Crippen LogP contribution in [-0.2, 0) is 0 Å². The zero-order valence-corrected chi connectivity index (χ0v) is 13.9. The van der Waals surface area contributed by atoms with Crippen molar-refractivity contribution in [3.63, 3.8) is 0 Å². The second-order valence-corrected chi connectivity index (χ2v) is 5.80. The Morgan fingerprint density at radius 3 is 2.46 bits per heavy atom. The average molecular weight is 387 g/mol. The van der Waals surface area contributed by atoms with Crippen molar-refractivity contribution >= 4 is 39.0 Å². The quantitative estimate of drug-likeness (QED) is 0.698. The molecule has 1 aromatic heterocycles. The molecule has 0 spiro atoms. The smallest absolute Gasteiger partial charge is 0.275 e. The van der Waals surface area contributed by atoms with Gasteiger partial charge in [-0.05, 0) is 42.5 Å². The summed E-state index contributed by atoms with van der Waals surface area (Å²) in [5.41, 5.74) is 1.39. The van der Waals surface area contributed by atoms with Gasteiger partial charge < -0.3 is 10.6 Å². The summed E-state index contributed by atoms with van der Waals surface area (Å²) >= 11 is 3.33. The molecule has 120 valence electrons. The van der Waals surface area contributed by atoms with Crippen molar-refractivity contribution < 1.29 is 9.18 Å². The number of hydrogen-bond acceptors (Lipinski definition) is 4. The van der Waals surface area contributed by atoms with Crippen molar-refractivity contribution in [1.29, 1.82) is 0 Å². The van der Waals surface area contributed by atoms with E-state index in [1.54, 1.807) is 24.3 Å². The molecule has 0 saturated heterocycles. The number of hydrogen-bond donors (Lipinski definition) is 2. The highest BCUT2D eigenvalue weighted by Crippen LogP contribution is 2.16. The lowest BCUT2D eigenvalue weighted by Gasteiger charge is -2.07. The van der Waals surface area contributed by atoms with Crippen molar-refractivity contribution in [2.45, 2.75) is 0 Å². The number of anilines is 3. The highest BCUT2D eigenvalue weighted by Gasteiger charge is 2.08. The first-order chi connectivity index (χ1) is 11.6. The SMILES string of the molecule is O=C(Nc1ccc(Br)cc1)c1cnc(Nc2cccc(F)c2)cn1. The van der Waals surface area contributed by atoms with E-state index in [0.29, 0.717) is 17.2 Å². The van der Waals surface area contributed by atoms with Gasteiger partial charge in [0, 0.05) is 15.8 Å². The molecule has 2 aromatic carbocycles. The van der Waals surface area contributed by atoms with Gasteiger partial charge in [-0.15, -0.1) is 0 Å².